The summed E-state index contributed by atoms with van der Waals surface area (Å²) in [4.78, 5) is 45.6. The van der Waals surface area contributed by atoms with Crippen LogP contribution in [0.2, 0.25) is 0 Å². The fourth-order valence-corrected chi connectivity index (χ4v) is 8.27. The Morgan fingerprint density at radius 3 is 2.44 bits per heavy atom. The van der Waals surface area contributed by atoms with Crippen molar-refractivity contribution in [1.82, 2.24) is 9.80 Å². The molecule has 0 radical (unpaired) electrons. The molecule has 3 aliphatic heterocycles. The van der Waals surface area contributed by atoms with E-state index < -0.39 is 47.1 Å². The lowest BCUT2D eigenvalue weighted by Gasteiger charge is -2.47. The second-order valence-electron chi connectivity index (χ2n) is 13.3. The molecular weight excluding hydrogens is 564 g/mol. The monoisotopic (exact) mass is 610 g/mol. The van der Waals surface area contributed by atoms with Crippen LogP contribution in [0.1, 0.15) is 67.7 Å². The number of hydrogen-bond donors (Lipinski definition) is 1. The van der Waals surface area contributed by atoms with E-state index in [1.165, 1.54) is 6.08 Å². The molecule has 0 saturated carbocycles. The molecule has 3 fully saturated rings. The van der Waals surface area contributed by atoms with E-state index in [2.05, 4.69) is 49.9 Å². The molecule has 0 aromatic heterocycles. The number of carbonyl (C=O) groups excluding carboxylic acids is 3. The SMILES string of the molecule is C=CCOC(=O)[C@H]1[C@H]2C(=O)N([C@@H](CO)[C@@H](C)CC)C(C(=O)N(CC=C)C(C)(C)CC(C)(C)C)C23CC(Br)[C@@H]1O3. The van der Waals surface area contributed by atoms with Gasteiger partial charge in [-0.2, -0.15) is 0 Å². The lowest BCUT2D eigenvalue weighted by molar-refractivity contribution is -0.158. The van der Waals surface area contributed by atoms with E-state index in [9.17, 15) is 19.5 Å². The van der Waals surface area contributed by atoms with E-state index in [4.69, 9.17) is 9.47 Å². The van der Waals surface area contributed by atoms with Crippen LogP contribution in [0.15, 0.2) is 25.3 Å². The van der Waals surface area contributed by atoms with Crippen molar-refractivity contribution in [3.05, 3.63) is 25.3 Å². The Hall–Kier alpha value is -1.71. The Labute approximate surface area is 242 Å². The van der Waals surface area contributed by atoms with Gasteiger partial charge in [0.2, 0.25) is 11.8 Å². The summed E-state index contributed by atoms with van der Waals surface area (Å²) in [6.45, 7) is 22.0. The summed E-state index contributed by atoms with van der Waals surface area (Å²) < 4.78 is 12.0. The van der Waals surface area contributed by atoms with E-state index in [0.717, 1.165) is 0 Å². The largest absolute Gasteiger partial charge is 0.461 e. The van der Waals surface area contributed by atoms with Gasteiger partial charge in [0.05, 0.1) is 30.6 Å². The Bertz CT molecular complexity index is 977. The highest BCUT2D eigenvalue weighted by atomic mass is 79.9. The lowest BCUT2D eigenvalue weighted by atomic mass is 9.70. The molecule has 2 amide bonds. The maximum atomic E-state index is 14.8. The van der Waals surface area contributed by atoms with Crippen LogP contribution in [0.3, 0.4) is 0 Å². The molecule has 2 bridgehead atoms. The Balaban J connectivity index is 2.18. The number of nitrogens with zero attached hydrogens (tertiary/aromatic N) is 2. The molecule has 8 atom stereocenters. The van der Waals surface area contributed by atoms with Crippen LogP contribution in [-0.4, -0.2) is 86.6 Å². The maximum Gasteiger partial charge on any atom is 0.312 e. The third-order valence-electron chi connectivity index (χ3n) is 8.69. The van der Waals surface area contributed by atoms with E-state index in [1.807, 2.05) is 27.7 Å². The summed E-state index contributed by atoms with van der Waals surface area (Å²) in [5.74, 6) is -2.93. The molecule has 9 heteroatoms. The molecule has 1 N–H and O–H groups in total. The van der Waals surface area contributed by atoms with Gasteiger partial charge in [0, 0.05) is 16.9 Å². The Morgan fingerprint density at radius 1 is 1.28 bits per heavy atom. The predicted molar refractivity (Wildman–Crippen MR) is 154 cm³/mol. The molecule has 39 heavy (non-hydrogen) atoms. The number of ether oxygens (including phenoxy) is 2. The van der Waals surface area contributed by atoms with Crippen molar-refractivity contribution in [1.29, 1.82) is 0 Å². The van der Waals surface area contributed by atoms with Crippen molar-refractivity contribution < 1.29 is 29.0 Å². The first kappa shape index (κ1) is 31.8. The van der Waals surface area contributed by atoms with Gasteiger partial charge >= 0.3 is 5.97 Å². The second kappa shape index (κ2) is 11.6. The number of halogens is 1. The summed E-state index contributed by atoms with van der Waals surface area (Å²) >= 11 is 3.69. The zero-order valence-electron chi connectivity index (χ0n) is 24.6. The number of aliphatic hydroxyl groups is 1. The van der Waals surface area contributed by atoms with Gasteiger partial charge in [-0.05, 0) is 38.0 Å². The molecule has 0 aliphatic carbocycles. The Kier molecular flexibility index (Phi) is 9.50. The molecule has 8 nitrogen and oxygen atoms in total. The van der Waals surface area contributed by atoms with Crippen LogP contribution in [0.4, 0.5) is 0 Å². The smallest absolute Gasteiger partial charge is 0.312 e. The zero-order chi connectivity index (χ0) is 29.5. The number of aliphatic hydroxyl groups excluding tert-OH is 1. The molecule has 3 heterocycles. The van der Waals surface area contributed by atoms with Crippen LogP contribution < -0.4 is 0 Å². The van der Waals surface area contributed by atoms with Gasteiger partial charge in [-0.25, -0.2) is 0 Å². The standard InChI is InChI=1S/C30H47BrN2O6/c1-10-13-32(29(8,9)17-28(5,6)7)26(36)24-30-15-19(31)23(39-30)21(27(37)38-14-11-2)22(30)25(35)33(24)20(16-34)18(4)12-3/h10-11,18-24,34H,1-2,12-17H2,3-9H3/t18-,19?,20-,21-,22-,23-,24?,30?/m0/s1. The van der Waals surface area contributed by atoms with Crippen molar-refractivity contribution in [3.63, 3.8) is 0 Å². The topological polar surface area (TPSA) is 96.4 Å². The normalized spacial score (nSPS) is 31.6. The fourth-order valence-electron chi connectivity index (χ4n) is 7.33. The van der Waals surface area contributed by atoms with Crippen molar-refractivity contribution >= 4 is 33.7 Å². The van der Waals surface area contributed by atoms with E-state index >= 15 is 0 Å². The van der Waals surface area contributed by atoms with Gasteiger partial charge in [0.1, 0.15) is 18.2 Å². The molecule has 0 aromatic rings. The van der Waals surface area contributed by atoms with Crippen molar-refractivity contribution in [2.75, 3.05) is 19.8 Å². The molecule has 1 spiro atoms. The summed E-state index contributed by atoms with van der Waals surface area (Å²) in [5, 5.41) is 10.5. The number of amides is 2. The number of likely N-dealkylation sites (tertiary alicyclic amines) is 1. The van der Waals surface area contributed by atoms with Gasteiger partial charge in [-0.3, -0.25) is 14.4 Å². The van der Waals surface area contributed by atoms with Crippen LogP contribution in [-0.2, 0) is 23.9 Å². The number of esters is 1. The van der Waals surface area contributed by atoms with E-state index in [0.29, 0.717) is 25.8 Å². The van der Waals surface area contributed by atoms with E-state index in [-0.39, 0.29) is 41.2 Å². The van der Waals surface area contributed by atoms with Crippen LogP contribution in [0.5, 0.6) is 0 Å². The predicted octanol–water partition coefficient (Wildman–Crippen LogP) is 4.10. The van der Waals surface area contributed by atoms with Crippen molar-refractivity contribution in [2.45, 2.75) is 102 Å². The number of rotatable bonds is 12. The number of carbonyl (C=O) groups is 3. The molecule has 3 unspecified atom stereocenters. The first-order chi connectivity index (χ1) is 18.1. The summed E-state index contributed by atoms with van der Waals surface area (Å²) in [7, 11) is 0. The molecule has 0 aromatic carbocycles. The number of fused-ring (bicyclic) bond motifs is 1. The van der Waals surface area contributed by atoms with Crippen LogP contribution in [0, 0.1) is 23.2 Å². The minimum atomic E-state index is -1.22. The summed E-state index contributed by atoms with van der Waals surface area (Å²) in [6, 6.07) is -1.60. The highest BCUT2D eigenvalue weighted by Gasteiger charge is 2.78. The third kappa shape index (κ3) is 5.60. The van der Waals surface area contributed by atoms with Crippen molar-refractivity contribution in [3.8, 4) is 0 Å². The highest BCUT2D eigenvalue weighted by Crippen LogP contribution is 2.61. The zero-order valence-corrected chi connectivity index (χ0v) is 26.2. The Morgan fingerprint density at radius 2 is 1.92 bits per heavy atom. The number of alkyl halides is 1. The van der Waals surface area contributed by atoms with Crippen molar-refractivity contribution in [2.24, 2.45) is 23.2 Å². The average molecular weight is 612 g/mol. The third-order valence-corrected chi connectivity index (χ3v) is 9.54. The lowest BCUT2D eigenvalue weighted by Crippen LogP contribution is -2.63. The number of hydrogen-bond acceptors (Lipinski definition) is 6. The second-order valence-corrected chi connectivity index (χ2v) is 14.4. The molecular formula is C30H47BrN2O6. The first-order valence-electron chi connectivity index (χ1n) is 14.1. The molecule has 3 saturated heterocycles. The first-order valence-corrected chi connectivity index (χ1v) is 15.0. The van der Waals surface area contributed by atoms with Gasteiger partial charge in [-0.1, -0.05) is 75.7 Å². The van der Waals surface area contributed by atoms with Gasteiger partial charge in [0.15, 0.2) is 0 Å². The highest BCUT2D eigenvalue weighted by molar-refractivity contribution is 9.09. The maximum absolute atomic E-state index is 14.8. The van der Waals surface area contributed by atoms with Crippen LogP contribution in [0.25, 0.3) is 0 Å². The molecule has 220 valence electrons. The van der Waals surface area contributed by atoms with Crippen LogP contribution >= 0.6 is 15.9 Å². The minimum Gasteiger partial charge on any atom is -0.461 e. The van der Waals surface area contributed by atoms with E-state index in [1.54, 1.807) is 15.9 Å². The fraction of sp³-hybridized carbons (Fsp3) is 0.767. The van der Waals surface area contributed by atoms with Gasteiger partial charge in [-0.15, -0.1) is 6.58 Å². The molecule has 3 rings (SSSR count). The quantitative estimate of drug-likeness (QED) is 0.203. The summed E-state index contributed by atoms with van der Waals surface area (Å²) in [6.07, 6.45) is 4.40. The average Bonchev–Trinajstić information content (AvgIpc) is 3.43. The summed E-state index contributed by atoms with van der Waals surface area (Å²) in [5.41, 5.74) is -1.85. The minimum absolute atomic E-state index is 0.0230. The van der Waals surface area contributed by atoms with Gasteiger partial charge < -0.3 is 24.4 Å². The van der Waals surface area contributed by atoms with Gasteiger partial charge in [0.25, 0.3) is 0 Å². The molecule has 3 aliphatic rings.